The summed E-state index contributed by atoms with van der Waals surface area (Å²) in [5.41, 5.74) is 1.63. The van der Waals surface area contributed by atoms with Crippen LogP contribution in [0.25, 0.3) is 0 Å². The van der Waals surface area contributed by atoms with Crippen molar-refractivity contribution in [1.82, 2.24) is 5.32 Å². The Balaban J connectivity index is 1.81. The number of hydrogen-bond acceptors (Lipinski definition) is 5. The summed E-state index contributed by atoms with van der Waals surface area (Å²) < 4.78 is 11.7. The van der Waals surface area contributed by atoms with Gasteiger partial charge in [-0.1, -0.05) is 54.4 Å². The van der Waals surface area contributed by atoms with Gasteiger partial charge in [-0.3, -0.25) is 14.4 Å². The van der Waals surface area contributed by atoms with Gasteiger partial charge in [-0.25, -0.2) is 0 Å². The number of amides is 3. The Morgan fingerprint density at radius 1 is 0.846 bits per heavy atom. The van der Waals surface area contributed by atoms with Gasteiger partial charge >= 0.3 is 0 Å². The number of anilines is 2. The van der Waals surface area contributed by atoms with Crippen molar-refractivity contribution in [3.63, 3.8) is 0 Å². The van der Waals surface area contributed by atoms with Crippen LogP contribution in [0.3, 0.4) is 0 Å². The van der Waals surface area contributed by atoms with Crippen LogP contribution in [0.4, 0.5) is 11.4 Å². The molecule has 0 atom stereocenters. The molecule has 0 aliphatic heterocycles. The van der Waals surface area contributed by atoms with Gasteiger partial charge in [-0.2, -0.15) is 0 Å². The van der Waals surface area contributed by atoms with Crippen LogP contribution in [0.1, 0.15) is 47.1 Å². The predicted molar refractivity (Wildman–Crippen MR) is 157 cm³/mol. The minimum absolute atomic E-state index is 0.106. The van der Waals surface area contributed by atoms with Crippen molar-refractivity contribution in [3.8, 4) is 5.75 Å². The largest absolute Gasteiger partial charge is 0.490 e. The SMILES string of the molecule is COCCOc1ccc(NC(=O)c2cc(CNC(=O)C(C)(C)C)ccc2Cl)cc1C(=O)Nc1ccc(Br)cc1. The Kier molecular flexibility index (Phi) is 10.5. The zero-order valence-electron chi connectivity index (χ0n) is 22.2. The van der Waals surface area contributed by atoms with Crippen molar-refractivity contribution >= 4 is 56.6 Å². The van der Waals surface area contributed by atoms with Crippen molar-refractivity contribution in [2.24, 2.45) is 5.41 Å². The van der Waals surface area contributed by atoms with E-state index in [2.05, 4.69) is 31.9 Å². The minimum Gasteiger partial charge on any atom is -0.490 e. The fourth-order valence-electron chi connectivity index (χ4n) is 3.38. The van der Waals surface area contributed by atoms with Gasteiger partial charge < -0.3 is 25.4 Å². The second-order valence-corrected chi connectivity index (χ2v) is 11.0. The van der Waals surface area contributed by atoms with E-state index in [4.69, 9.17) is 21.1 Å². The van der Waals surface area contributed by atoms with Crippen LogP contribution < -0.4 is 20.7 Å². The van der Waals surface area contributed by atoms with Gasteiger partial charge in [0.05, 0.1) is 22.8 Å². The number of hydrogen-bond donors (Lipinski definition) is 3. The fraction of sp³-hybridized carbons (Fsp3) is 0.276. The van der Waals surface area contributed by atoms with Crippen LogP contribution in [0, 0.1) is 5.41 Å². The van der Waals surface area contributed by atoms with E-state index in [0.29, 0.717) is 23.7 Å². The summed E-state index contributed by atoms with van der Waals surface area (Å²) in [6.45, 7) is 6.31. The third kappa shape index (κ3) is 8.81. The summed E-state index contributed by atoms with van der Waals surface area (Å²) in [4.78, 5) is 38.5. The quantitative estimate of drug-likeness (QED) is 0.232. The molecule has 0 spiro atoms. The third-order valence-electron chi connectivity index (χ3n) is 5.54. The van der Waals surface area contributed by atoms with E-state index >= 15 is 0 Å². The lowest BCUT2D eigenvalue weighted by Gasteiger charge is -2.18. The number of carbonyl (C=O) groups is 3. The molecular formula is C29H31BrClN3O5. The van der Waals surface area contributed by atoms with Crippen molar-refractivity contribution < 1.29 is 23.9 Å². The first kappa shape index (κ1) is 30.1. The molecule has 8 nitrogen and oxygen atoms in total. The standard InChI is InChI=1S/C29H31BrClN3O5/c1-29(2,3)28(37)32-17-18-5-11-24(31)22(15-18)26(35)34-21-10-12-25(39-14-13-38-4)23(16-21)27(36)33-20-8-6-19(30)7-9-20/h5-12,15-16H,13-14,17H2,1-4H3,(H,32,37)(H,33,36)(H,34,35). The number of halogens is 2. The molecule has 0 radical (unpaired) electrons. The van der Waals surface area contributed by atoms with Gasteiger partial charge in [0.1, 0.15) is 12.4 Å². The van der Waals surface area contributed by atoms with Gasteiger partial charge in [0.2, 0.25) is 5.91 Å². The van der Waals surface area contributed by atoms with Crippen molar-refractivity contribution in [1.29, 1.82) is 0 Å². The molecule has 3 aromatic carbocycles. The molecule has 206 valence electrons. The molecule has 0 aliphatic rings. The highest BCUT2D eigenvalue weighted by Gasteiger charge is 2.21. The molecule has 10 heteroatoms. The first-order chi connectivity index (χ1) is 18.5. The monoisotopic (exact) mass is 615 g/mol. The smallest absolute Gasteiger partial charge is 0.259 e. The number of carbonyl (C=O) groups excluding carboxylic acids is 3. The molecule has 3 N–H and O–H groups in total. The molecular weight excluding hydrogens is 586 g/mol. The average molecular weight is 617 g/mol. The first-order valence-electron chi connectivity index (χ1n) is 12.2. The number of benzene rings is 3. The van der Waals surface area contributed by atoms with Crippen LogP contribution >= 0.6 is 27.5 Å². The highest BCUT2D eigenvalue weighted by atomic mass is 79.9. The first-order valence-corrected chi connectivity index (χ1v) is 13.4. The molecule has 0 heterocycles. The number of nitrogens with one attached hydrogen (secondary N) is 3. The lowest BCUT2D eigenvalue weighted by Crippen LogP contribution is -2.34. The zero-order chi connectivity index (χ0) is 28.6. The molecule has 0 bridgehead atoms. The normalized spacial score (nSPS) is 11.0. The Labute approximate surface area is 241 Å². The van der Waals surface area contributed by atoms with Gasteiger partial charge in [0, 0.05) is 34.9 Å². The van der Waals surface area contributed by atoms with E-state index in [1.54, 1.807) is 49.6 Å². The summed E-state index contributed by atoms with van der Waals surface area (Å²) in [5.74, 6) is -0.633. The highest BCUT2D eigenvalue weighted by Crippen LogP contribution is 2.26. The predicted octanol–water partition coefficient (Wildman–Crippen LogP) is 6.29. The van der Waals surface area contributed by atoms with Crippen LogP contribution in [-0.2, 0) is 16.1 Å². The Morgan fingerprint density at radius 2 is 1.49 bits per heavy atom. The molecule has 0 fully saturated rings. The number of methoxy groups -OCH3 is 1. The van der Waals surface area contributed by atoms with Crippen LogP contribution in [0.5, 0.6) is 5.75 Å². The zero-order valence-corrected chi connectivity index (χ0v) is 24.5. The van der Waals surface area contributed by atoms with Crippen molar-refractivity contribution in [2.45, 2.75) is 27.3 Å². The molecule has 39 heavy (non-hydrogen) atoms. The fourth-order valence-corrected chi connectivity index (χ4v) is 3.85. The molecule has 3 rings (SSSR count). The summed E-state index contributed by atoms with van der Waals surface area (Å²) in [6, 6.07) is 16.9. The van der Waals surface area contributed by atoms with E-state index in [-0.39, 0.29) is 35.2 Å². The molecule has 3 amide bonds. The van der Waals surface area contributed by atoms with E-state index in [0.717, 1.165) is 10.0 Å². The van der Waals surface area contributed by atoms with Crippen molar-refractivity contribution in [2.75, 3.05) is 31.0 Å². The molecule has 0 saturated carbocycles. The van der Waals surface area contributed by atoms with E-state index < -0.39 is 17.2 Å². The Morgan fingerprint density at radius 3 is 2.15 bits per heavy atom. The number of rotatable bonds is 10. The lowest BCUT2D eigenvalue weighted by molar-refractivity contribution is -0.128. The second kappa shape index (κ2) is 13.6. The summed E-state index contributed by atoms with van der Waals surface area (Å²) >= 11 is 9.70. The third-order valence-corrected chi connectivity index (χ3v) is 6.40. The maximum absolute atomic E-state index is 13.2. The highest BCUT2D eigenvalue weighted by molar-refractivity contribution is 9.10. The maximum atomic E-state index is 13.2. The molecule has 0 aliphatic carbocycles. The second-order valence-electron chi connectivity index (χ2n) is 9.71. The van der Waals surface area contributed by atoms with E-state index in [1.807, 2.05) is 32.9 Å². The van der Waals surface area contributed by atoms with Gasteiger partial charge in [0.15, 0.2) is 0 Å². The van der Waals surface area contributed by atoms with Crippen molar-refractivity contribution in [3.05, 3.63) is 86.8 Å². The van der Waals surface area contributed by atoms with Gasteiger partial charge in [-0.15, -0.1) is 0 Å². The average Bonchev–Trinajstić information content (AvgIpc) is 2.89. The molecule has 0 aromatic heterocycles. The van der Waals surface area contributed by atoms with Gasteiger partial charge in [0.25, 0.3) is 11.8 Å². The summed E-state index contributed by atoms with van der Waals surface area (Å²) in [7, 11) is 1.56. The maximum Gasteiger partial charge on any atom is 0.259 e. The van der Waals surface area contributed by atoms with Crippen LogP contribution in [0.15, 0.2) is 65.1 Å². The molecule has 3 aromatic rings. The summed E-state index contributed by atoms with van der Waals surface area (Å²) in [6.07, 6.45) is 0. The topological polar surface area (TPSA) is 106 Å². The molecule has 0 saturated heterocycles. The Hall–Kier alpha value is -3.40. The molecule has 0 unspecified atom stereocenters. The van der Waals surface area contributed by atoms with Crippen LogP contribution in [-0.4, -0.2) is 38.0 Å². The summed E-state index contributed by atoms with van der Waals surface area (Å²) in [5, 5.41) is 8.75. The van der Waals surface area contributed by atoms with Gasteiger partial charge in [-0.05, 0) is 60.2 Å². The minimum atomic E-state index is -0.534. The number of ether oxygens (including phenoxy) is 2. The van der Waals surface area contributed by atoms with E-state index in [1.165, 1.54) is 6.07 Å². The van der Waals surface area contributed by atoms with Crippen LogP contribution in [0.2, 0.25) is 5.02 Å². The Bertz CT molecular complexity index is 1340. The van der Waals surface area contributed by atoms with E-state index in [9.17, 15) is 14.4 Å². The lowest BCUT2D eigenvalue weighted by atomic mass is 9.95.